The minimum absolute atomic E-state index is 0.0252. The zero-order valence-electron chi connectivity index (χ0n) is 29.8. The molecule has 0 bridgehead atoms. The lowest BCUT2D eigenvalue weighted by Gasteiger charge is -2.30. The van der Waals surface area contributed by atoms with E-state index < -0.39 is 104 Å². The number of carbonyl (C=O) groups is 7. The molecule has 0 unspecified atom stereocenters. The van der Waals surface area contributed by atoms with Gasteiger partial charge in [0, 0.05) is 32.6 Å². The van der Waals surface area contributed by atoms with Crippen molar-refractivity contribution in [2.75, 3.05) is 32.7 Å². The Morgan fingerprint density at radius 1 is 0.769 bits per heavy atom. The van der Waals surface area contributed by atoms with Gasteiger partial charge < -0.3 is 59.3 Å². The highest BCUT2D eigenvalue weighted by Crippen LogP contribution is 2.10. The van der Waals surface area contributed by atoms with E-state index in [-0.39, 0.29) is 44.7 Å². The van der Waals surface area contributed by atoms with E-state index in [2.05, 4.69) is 31.9 Å². The first-order valence-corrected chi connectivity index (χ1v) is 17.2. The first-order valence-electron chi connectivity index (χ1n) is 17.2. The summed E-state index contributed by atoms with van der Waals surface area (Å²) in [6.45, 7) is 3.31. The lowest BCUT2D eigenvalue weighted by molar-refractivity contribution is -0.136. The number of nitrogens with zero attached hydrogens (tertiary/aromatic N) is 1. The van der Waals surface area contributed by atoms with E-state index in [0.717, 1.165) is 0 Å². The Balaban J connectivity index is 2.61. The third-order valence-corrected chi connectivity index (χ3v) is 8.32. The fourth-order valence-corrected chi connectivity index (χ4v) is 5.50. The van der Waals surface area contributed by atoms with Crippen LogP contribution in [0.15, 0.2) is 30.3 Å². The van der Waals surface area contributed by atoms with Gasteiger partial charge >= 0.3 is 6.09 Å². The van der Waals surface area contributed by atoms with Crippen molar-refractivity contribution >= 4 is 41.5 Å². The molecule has 52 heavy (non-hydrogen) atoms. The van der Waals surface area contributed by atoms with E-state index in [1.807, 2.05) is 13.8 Å². The predicted octanol–water partition coefficient (Wildman–Crippen LogP) is -3.79. The lowest BCUT2D eigenvalue weighted by Crippen LogP contribution is -2.61. The topological polar surface area (TPSA) is 313 Å². The summed E-state index contributed by atoms with van der Waals surface area (Å²) < 4.78 is 0. The van der Waals surface area contributed by atoms with Gasteiger partial charge in [-0.3, -0.25) is 33.7 Å². The number of aliphatic hydroxyl groups excluding tert-OH is 1. The van der Waals surface area contributed by atoms with E-state index in [1.54, 1.807) is 30.3 Å². The quantitative estimate of drug-likeness (QED) is 0.110. The van der Waals surface area contributed by atoms with Gasteiger partial charge in [0.25, 0.3) is 0 Å². The van der Waals surface area contributed by atoms with Crippen LogP contribution < -0.4 is 49.1 Å². The molecule has 1 saturated heterocycles. The zero-order valence-corrected chi connectivity index (χ0v) is 29.8. The third-order valence-electron chi connectivity index (χ3n) is 8.32. The second kappa shape index (κ2) is 21.5. The summed E-state index contributed by atoms with van der Waals surface area (Å²) in [4.78, 5) is 94.0. The first-order chi connectivity index (χ1) is 24.6. The number of amides is 7. The molecule has 0 saturated carbocycles. The number of nitrogens with two attached hydrogens (primary N) is 3. The maximum absolute atomic E-state index is 13.9. The number of nitrogens with one attached hydrogen (secondary N) is 6. The molecule has 2 rings (SSSR count). The van der Waals surface area contributed by atoms with Crippen LogP contribution in [0.4, 0.5) is 4.79 Å². The first kappa shape index (κ1) is 43.3. The number of carbonyl (C=O) groups excluding carboxylic acids is 6. The highest BCUT2D eigenvalue weighted by Gasteiger charge is 2.36. The summed E-state index contributed by atoms with van der Waals surface area (Å²) in [6.07, 6.45) is -2.62. The standard InChI is InChI=1S/C33H54N10O9/c1-18(2)14-22-28(46)41-24(16-35)30(48)38-21(10-7-11-34)27(45)42-26(19(3)44)32(50)37-12-13-43(33(51)52)25(17-36)31(49)40-23(29(47)39-22)15-20-8-5-4-6-9-20/h4-6,8-9,18-19,21-26,44H,7,10-17,34-36H2,1-3H3,(H,37,50)(H,38,48)(H,39,47)(H,40,49)(H,41,46)(H,42,45)(H,51,52)/t19-,21+,22+,23-,24+,25+,26+/m1/s1. The Bertz CT molecular complexity index is 1380. The normalized spacial score (nSPS) is 25.4. The Kier molecular flexibility index (Phi) is 17.9. The summed E-state index contributed by atoms with van der Waals surface area (Å²) >= 11 is 0. The molecule has 1 fully saturated rings. The second-order valence-electron chi connectivity index (χ2n) is 13.0. The molecule has 290 valence electrons. The molecule has 19 heteroatoms. The van der Waals surface area contributed by atoms with Gasteiger partial charge in [-0.05, 0) is 44.2 Å². The van der Waals surface area contributed by atoms with Crippen molar-refractivity contribution in [3.63, 3.8) is 0 Å². The smallest absolute Gasteiger partial charge is 0.408 e. The fourth-order valence-electron chi connectivity index (χ4n) is 5.50. The molecule has 1 heterocycles. The fraction of sp³-hybridized carbons (Fsp3) is 0.606. The SMILES string of the molecule is CC(C)C[C@@H]1NC(=O)[C@@H](Cc2ccccc2)NC(=O)[C@H](CN)N(C(=O)O)CCNC(=O)[C@H]([C@@H](C)O)NC(=O)[C@H](CCCN)NC(=O)[C@H](CN)NC1=O. The van der Waals surface area contributed by atoms with Gasteiger partial charge in [-0.1, -0.05) is 44.2 Å². The van der Waals surface area contributed by atoms with E-state index in [1.165, 1.54) is 6.92 Å². The summed E-state index contributed by atoms with van der Waals surface area (Å²) in [5.41, 5.74) is 18.0. The highest BCUT2D eigenvalue weighted by atomic mass is 16.4. The summed E-state index contributed by atoms with van der Waals surface area (Å²) in [5.74, 6) is -5.16. The minimum Gasteiger partial charge on any atom is -0.465 e. The molecule has 1 aromatic rings. The summed E-state index contributed by atoms with van der Waals surface area (Å²) in [7, 11) is 0. The van der Waals surface area contributed by atoms with Crippen LogP contribution in [0.1, 0.15) is 45.6 Å². The third kappa shape index (κ3) is 13.4. The summed E-state index contributed by atoms with van der Waals surface area (Å²) in [6, 6.07) is 0.460. The molecule has 7 atom stereocenters. The molecule has 0 spiro atoms. The van der Waals surface area contributed by atoms with Crippen LogP contribution in [-0.2, 0) is 35.2 Å². The van der Waals surface area contributed by atoms with Crippen LogP contribution in [0.3, 0.4) is 0 Å². The number of benzene rings is 1. The van der Waals surface area contributed by atoms with E-state index >= 15 is 0 Å². The monoisotopic (exact) mass is 734 g/mol. The number of carboxylic acid groups (broad SMARTS) is 1. The molecule has 0 aromatic heterocycles. The zero-order chi connectivity index (χ0) is 39.0. The van der Waals surface area contributed by atoms with Crippen molar-refractivity contribution in [3.8, 4) is 0 Å². The van der Waals surface area contributed by atoms with Crippen molar-refractivity contribution < 1.29 is 43.8 Å². The van der Waals surface area contributed by atoms with Crippen LogP contribution in [0.5, 0.6) is 0 Å². The minimum atomic E-state index is -1.55. The molecule has 0 radical (unpaired) electrons. The molecular formula is C33H54N10O9. The number of aliphatic hydroxyl groups is 1. The molecule has 7 amide bonds. The Morgan fingerprint density at radius 3 is 1.88 bits per heavy atom. The van der Waals surface area contributed by atoms with Crippen molar-refractivity contribution in [2.45, 2.75) is 88.8 Å². The lowest BCUT2D eigenvalue weighted by atomic mass is 10.0. The maximum atomic E-state index is 13.9. The van der Waals surface area contributed by atoms with E-state index in [9.17, 15) is 43.8 Å². The average molecular weight is 735 g/mol. The molecule has 1 aromatic carbocycles. The largest absolute Gasteiger partial charge is 0.465 e. The average Bonchev–Trinajstić information content (AvgIpc) is 3.09. The molecule has 1 aliphatic rings. The maximum Gasteiger partial charge on any atom is 0.408 e. The van der Waals surface area contributed by atoms with E-state index in [4.69, 9.17) is 17.2 Å². The second-order valence-corrected chi connectivity index (χ2v) is 13.0. The molecule has 14 N–H and O–H groups in total. The number of hydrogen-bond donors (Lipinski definition) is 11. The van der Waals surface area contributed by atoms with Gasteiger partial charge in [0.1, 0.15) is 36.3 Å². The van der Waals surface area contributed by atoms with Gasteiger partial charge in [0.05, 0.1) is 6.10 Å². The predicted molar refractivity (Wildman–Crippen MR) is 189 cm³/mol. The highest BCUT2D eigenvalue weighted by molar-refractivity contribution is 5.97. The Hall–Kier alpha value is -4.85. The van der Waals surface area contributed by atoms with Gasteiger partial charge in [0.2, 0.25) is 35.4 Å². The number of hydrogen-bond acceptors (Lipinski definition) is 11. The van der Waals surface area contributed by atoms with Crippen LogP contribution >= 0.6 is 0 Å². The van der Waals surface area contributed by atoms with Gasteiger partial charge in [-0.15, -0.1) is 0 Å². The van der Waals surface area contributed by atoms with Crippen molar-refractivity contribution in [3.05, 3.63) is 35.9 Å². The van der Waals surface area contributed by atoms with Crippen molar-refractivity contribution in [1.82, 2.24) is 36.8 Å². The van der Waals surface area contributed by atoms with Crippen molar-refractivity contribution in [2.24, 2.45) is 23.1 Å². The Labute approximate surface area is 302 Å². The van der Waals surface area contributed by atoms with Gasteiger partial charge in [-0.25, -0.2) is 4.79 Å². The van der Waals surface area contributed by atoms with Crippen LogP contribution in [0.2, 0.25) is 0 Å². The molecule has 1 aliphatic heterocycles. The van der Waals surface area contributed by atoms with Crippen LogP contribution in [-0.4, -0.2) is 132 Å². The van der Waals surface area contributed by atoms with Gasteiger partial charge in [-0.2, -0.15) is 0 Å². The molecule has 0 aliphatic carbocycles. The molecular weight excluding hydrogens is 680 g/mol. The van der Waals surface area contributed by atoms with Gasteiger partial charge in [0.15, 0.2) is 0 Å². The van der Waals surface area contributed by atoms with Crippen LogP contribution in [0.25, 0.3) is 0 Å². The summed E-state index contributed by atoms with van der Waals surface area (Å²) in [5, 5.41) is 35.5. The van der Waals surface area contributed by atoms with Crippen LogP contribution in [0, 0.1) is 5.92 Å². The Morgan fingerprint density at radius 2 is 1.33 bits per heavy atom. The van der Waals surface area contributed by atoms with Crippen molar-refractivity contribution in [1.29, 1.82) is 0 Å². The number of rotatable bonds is 10. The van der Waals surface area contributed by atoms with E-state index in [0.29, 0.717) is 10.5 Å². The molecule has 19 nitrogen and oxygen atoms in total.